The van der Waals surface area contributed by atoms with Crippen LogP contribution in [0.4, 0.5) is 0 Å². The summed E-state index contributed by atoms with van der Waals surface area (Å²) in [6, 6.07) is -4.74. The van der Waals surface area contributed by atoms with Crippen molar-refractivity contribution in [3.05, 3.63) is 0 Å². The summed E-state index contributed by atoms with van der Waals surface area (Å²) in [7, 11) is 0. The summed E-state index contributed by atoms with van der Waals surface area (Å²) >= 11 is 0. The molecule has 12 nitrogen and oxygen atoms in total. The van der Waals surface area contributed by atoms with Crippen LogP contribution in [0, 0.1) is 11.8 Å². The Morgan fingerprint density at radius 1 is 0.844 bits per heavy atom. The molecule has 0 fully saturated rings. The van der Waals surface area contributed by atoms with Crippen LogP contribution in [0.25, 0.3) is 0 Å². The van der Waals surface area contributed by atoms with E-state index in [-0.39, 0.29) is 24.7 Å². The van der Waals surface area contributed by atoms with Gasteiger partial charge in [-0.1, -0.05) is 40.5 Å². The van der Waals surface area contributed by atoms with E-state index in [2.05, 4.69) is 16.0 Å². The number of carbonyl (C=O) groups excluding carboxylic acids is 4. The van der Waals surface area contributed by atoms with Gasteiger partial charge in [-0.3, -0.25) is 19.2 Å². The number of carbonyl (C=O) groups is 5. The van der Waals surface area contributed by atoms with Crippen LogP contribution in [0.1, 0.15) is 53.4 Å². The summed E-state index contributed by atoms with van der Waals surface area (Å²) in [6.45, 7) is 6.43. The van der Waals surface area contributed by atoms with Gasteiger partial charge in [0.25, 0.3) is 0 Å². The molecule has 0 aromatic carbocycles. The van der Waals surface area contributed by atoms with Gasteiger partial charge in [-0.2, -0.15) is 0 Å². The lowest BCUT2D eigenvalue weighted by molar-refractivity contribution is -0.143. The van der Waals surface area contributed by atoms with Crippen LogP contribution < -0.4 is 27.4 Å². The molecule has 0 saturated heterocycles. The standard InChI is InChI=1S/C20H37N5O7/c1-5-10(3)15(22)18(29)25-16(11(4)6-2)19(30)24-13(9-26)17(28)23-12(20(31)32)7-8-14(21)27/h10-13,15-16,26H,5-9,22H2,1-4H3,(H2,21,27)(H,23,28)(H,24,30)(H,25,29)(H,31,32). The number of aliphatic hydroxyl groups is 1. The van der Waals surface area contributed by atoms with Crippen molar-refractivity contribution in [3.63, 3.8) is 0 Å². The molecule has 6 atom stereocenters. The van der Waals surface area contributed by atoms with Crippen LogP contribution in [0.5, 0.6) is 0 Å². The normalized spacial score (nSPS) is 16.6. The molecule has 0 aromatic rings. The monoisotopic (exact) mass is 459 g/mol. The molecule has 184 valence electrons. The molecule has 0 saturated carbocycles. The van der Waals surface area contributed by atoms with Crippen LogP contribution in [-0.2, 0) is 24.0 Å². The first kappa shape index (κ1) is 29.3. The molecule has 0 aromatic heterocycles. The van der Waals surface area contributed by atoms with Crippen LogP contribution in [0.3, 0.4) is 0 Å². The summed E-state index contributed by atoms with van der Waals surface area (Å²) in [5.41, 5.74) is 10.9. The first-order valence-corrected chi connectivity index (χ1v) is 10.7. The third-order valence-electron chi connectivity index (χ3n) is 5.46. The molecule has 0 radical (unpaired) electrons. The highest BCUT2D eigenvalue weighted by atomic mass is 16.4. The summed E-state index contributed by atoms with van der Waals surface area (Å²) < 4.78 is 0. The molecule has 0 rings (SSSR count). The zero-order chi connectivity index (χ0) is 25.0. The maximum atomic E-state index is 12.8. The van der Waals surface area contributed by atoms with Crippen LogP contribution in [0.2, 0.25) is 0 Å². The molecule has 0 bridgehead atoms. The van der Waals surface area contributed by atoms with Crippen LogP contribution in [-0.4, -0.2) is 70.6 Å². The Kier molecular flexibility index (Phi) is 13.1. The number of rotatable bonds is 15. The van der Waals surface area contributed by atoms with E-state index >= 15 is 0 Å². The van der Waals surface area contributed by atoms with Crippen LogP contribution >= 0.6 is 0 Å². The van der Waals surface area contributed by atoms with Gasteiger partial charge >= 0.3 is 5.97 Å². The molecule has 0 heterocycles. The number of aliphatic hydroxyl groups excluding tert-OH is 1. The van der Waals surface area contributed by atoms with E-state index in [9.17, 15) is 34.2 Å². The fourth-order valence-corrected chi connectivity index (χ4v) is 2.74. The summed E-state index contributed by atoms with van der Waals surface area (Å²) in [6.07, 6.45) is 0.677. The second-order valence-corrected chi connectivity index (χ2v) is 7.93. The van der Waals surface area contributed by atoms with E-state index in [0.717, 1.165) is 0 Å². The Bertz CT molecular complexity index is 673. The lowest BCUT2D eigenvalue weighted by atomic mass is 9.95. The minimum Gasteiger partial charge on any atom is -0.480 e. The number of primary amides is 1. The highest BCUT2D eigenvalue weighted by molar-refractivity contribution is 5.94. The minimum atomic E-state index is -1.47. The molecule has 32 heavy (non-hydrogen) atoms. The van der Waals surface area contributed by atoms with Gasteiger partial charge in [-0.05, 0) is 18.3 Å². The number of hydrogen-bond donors (Lipinski definition) is 7. The molecular formula is C20H37N5O7. The van der Waals surface area contributed by atoms with Crippen LogP contribution in [0.15, 0.2) is 0 Å². The second kappa shape index (κ2) is 14.4. The maximum absolute atomic E-state index is 12.8. The molecule has 12 heteroatoms. The van der Waals surface area contributed by atoms with Gasteiger partial charge in [0, 0.05) is 6.42 Å². The number of amides is 4. The third kappa shape index (κ3) is 9.60. The largest absolute Gasteiger partial charge is 0.480 e. The Hall–Kier alpha value is -2.73. The summed E-state index contributed by atoms with van der Waals surface area (Å²) in [5, 5.41) is 25.9. The predicted molar refractivity (Wildman–Crippen MR) is 116 cm³/mol. The number of carboxylic acids is 1. The van der Waals surface area contributed by atoms with E-state index in [4.69, 9.17) is 11.5 Å². The van der Waals surface area contributed by atoms with Crippen molar-refractivity contribution in [1.82, 2.24) is 16.0 Å². The Labute approximate surface area is 187 Å². The van der Waals surface area contributed by atoms with Gasteiger partial charge in [0.2, 0.25) is 23.6 Å². The summed E-state index contributed by atoms with van der Waals surface area (Å²) in [4.78, 5) is 59.9. The van der Waals surface area contributed by atoms with Gasteiger partial charge in [0.15, 0.2) is 0 Å². The van der Waals surface area contributed by atoms with E-state index in [1.807, 2.05) is 20.8 Å². The zero-order valence-electron chi connectivity index (χ0n) is 19.1. The first-order valence-electron chi connectivity index (χ1n) is 10.7. The van der Waals surface area contributed by atoms with Gasteiger partial charge in [-0.25, -0.2) is 4.79 Å². The number of nitrogens with two attached hydrogens (primary N) is 2. The average Bonchev–Trinajstić information content (AvgIpc) is 2.75. The van der Waals surface area contributed by atoms with E-state index in [1.54, 1.807) is 6.92 Å². The Morgan fingerprint density at radius 2 is 1.38 bits per heavy atom. The number of hydrogen-bond acceptors (Lipinski definition) is 7. The van der Waals surface area contributed by atoms with Gasteiger partial charge in [0.1, 0.15) is 18.1 Å². The van der Waals surface area contributed by atoms with Gasteiger partial charge in [0.05, 0.1) is 12.6 Å². The highest BCUT2D eigenvalue weighted by Crippen LogP contribution is 2.11. The van der Waals surface area contributed by atoms with E-state index in [0.29, 0.717) is 12.8 Å². The van der Waals surface area contributed by atoms with Gasteiger partial charge < -0.3 is 37.6 Å². The van der Waals surface area contributed by atoms with E-state index < -0.39 is 60.4 Å². The lowest BCUT2D eigenvalue weighted by Gasteiger charge is -2.28. The quantitative estimate of drug-likeness (QED) is 0.148. The molecule has 9 N–H and O–H groups in total. The topological polar surface area (TPSA) is 214 Å². The zero-order valence-corrected chi connectivity index (χ0v) is 19.1. The molecule has 0 aliphatic rings. The molecule has 0 aliphatic carbocycles. The average molecular weight is 460 g/mol. The third-order valence-corrected chi connectivity index (χ3v) is 5.46. The first-order chi connectivity index (χ1) is 14.9. The second-order valence-electron chi connectivity index (χ2n) is 7.93. The number of carboxylic acid groups (broad SMARTS) is 1. The summed E-state index contributed by atoms with van der Waals surface area (Å²) in [5.74, 6) is -4.74. The van der Waals surface area contributed by atoms with E-state index in [1.165, 1.54) is 0 Å². The Balaban J connectivity index is 5.32. The maximum Gasteiger partial charge on any atom is 0.326 e. The highest BCUT2D eigenvalue weighted by Gasteiger charge is 2.32. The lowest BCUT2D eigenvalue weighted by Crippen LogP contribution is -2.60. The number of aliphatic carboxylic acids is 1. The van der Waals surface area contributed by atoms with Crippen molar-refractivity contribution < 1.29 is 34.2 Å². The molecule has 6 unspecified atom stereocenters. The fourth-order valence-electron chi connectivity index (χ4n) is 2.74. The van der Waals surface area contributed by atoms with Crippen molar-refractivity contribution in [2.45, 2.75) is 77.5 Å². The SMILES string of the molecule is CCC(C)C(N)C(=O)NC(C(=O)NC(CO)C(=O)NC(CCC(N)=O)C(=O)O)C(C)CC. The van der Waals surface area contributed by atoms with Crippen molar-refractivity contribution >= 4 is 29.6 Å². The number of nitrogens with one attached hydrogen (secondary N) is 3. The minimum absolute atomic E-state index is 0.111. The van der Waals surface area contributed by atoms with Crippen molar-refractivity contribution in [2.24, 2.45) is 23.3 Å². The molecular weight excluding hydrogens is 422 g/mol. The van der Waals surface area contributed by atoms with Crippen molar-refractivity contribution in [2.75, 3.05) is 6.61 Å². The molecule has 0 aliphatic heterocycles. The molecule has 0 spiro atoms. The van der Waals surface area contributed by atoms with Crippen molar-refractivity contribution in [1.29, 1.82) is 0 Å². The Morgan fingerprint density at radius 3 is 1.81 bits per heavy atom. The van der Waals surface area contributed by atoms with Crippen molar-refractivity contribution in [3.8, 4) is 0 Å². The van der Waals surface area contributed by atoms with Gasteiger partial charge in [-0.15, -0.1) is 0 Å². The molecule has 4 amide bonds. The predicted octanol–water partition coefficient (Wildman–Crippen LogP) is -1.80. The smallest absolute Gasteiger partial charge is 0.326 e. The fraction of sp³-hybridized carbons (Fsp3) is 0.750.